The first kappa shape index (κ1) is 26.7. The van der Waals surface area contributed by atoms with Gasteiger partial charge in [0.05, 0.1) is 17.5 Å². The number of aromatic amines is 1. The van der Waals surface area contributed by atoms with Crippen molar-refractivity contribution in [1.29, 1.82) is 0 Å². The van der Waals surface area contributed by atoms with E-state index in [0.717, 1.165) is 43.4 Å². The van der Waals surface area contributed by atoms with Crippen molar-refractivity contribution in [2.45, 2.75) is 37.2 Å². The number of carbonyl (C=O) groups excluding carboxylic acids is 2. The summed E-state index contributed by atoms with van der Waals surface area (Å²) in [5.74, 6) is -1.22. The predicted octanol–water partition coefficient (Wildman–Crippen LogP) is 5.02. The van der Waals surface area contributed by atoms with E-state index in [2.05, 4.69) is 15.0 Å². The zero-order valence-electron chi connectivity index (χ0n) is 22.6. The summed E-state index contributed by atoms with van der Waals surface area (Å²) in [7, 11) is -4.11. The van der Waals surface area contributed by atoms with Crippen LogP contribution in [0.4, 0.5) is 0 Å². The molecule has 0 fully saturated rings. The van der Waals surface area contributed by atoms with Gasteiger partial charge in [0.2, 0.25) is 15.9 Å². The summed E-state index contributed by atoms with van der Waals surface area (Å²) in [5, 5.41) is 9.06. The van der Waals surface area contributed by atoms with Crippen molar-refractivity contribution in [2.24, 2.45) is 0 Å². The van der Waals surface area contributed by atoms with Gasteiger partial charge in [-0.15, -0.1) is 0 Å². The summed E-state index contributed by atoms with van der Waals surface area (Å²) in [4.78, 5) is 29.3. The number of nitrogens with one attached hydrogen (secondary N) is 3. The number of H-pyrrole nitrogens is 1. The molecule has 8 nitrogen and oxygen atoms in total. The first-order valence-electron chi connectivity index (χ1n) is 13.5. The zero-order chi connectivity index (χ0) is 28.7. The minimum Gasteiger partial charge on any atom is -0.464 e. The quantitative estimate of drug-likeness (QED) is 0.168. The van der Waals surface area contributed by atoms with Crippen molar-refractivity contribution in [3.63, 3.8) is 0 Å². The molecular weight excluding hydrogens is 538 g/mol. The highest BCUT2D eigenvalue weighted by atomic mass is 32.2. The summed E-state index contributed by atoms with van der Waals surface area (Å²) in [6.45, 7) is 3.29. The molecule has 0 spiro atoms. The Morgan fingerprint density at radius 1 is 0.854 bits per heavy atom. The van der Waals surface area contributed by atoms with Crippen molar-refractivity contribution in [1.82, 2.24) is 15.0 Å². The van der Waals surface area contributed by atoms with Crippen LogP contribution in [0.2, 0.25) is 0 Å². The molecule has 0 bridgehead atoms. The van der Waals surface area contributed by atoms with Gasteiger partial charge in [-0.1, -0.05) is 66.7 Å². The van der Waals surface area contributed by atoms with Crippen LogP contribution in [0.5, 0.6) is 0 Å². The molecule has 3 N–H and O–H groups in total. The van der Waals surface area contributed by atoms with Crippen molar-refractivity contribution in [3.8, 4) is 0 Å². The minimum atomic E-state index is -4.11. The number of esters is 1. The molecule has 208 valence electrons. The van der Waals surface area contributed by atoms with Gasteiger partial charge in [-0.2, -0.15) is 4.72 Å². The number of fused-ring (bicyclic) bond motifs is 1. The third kappa shape index (κ3) is 4.87. The average molecular weight is 568 g/mol. The second-order valence-electron chi connectivity index (χ2n) is 10.1. The second-order valence-corrected chi connectivity index (χ2v) is 11.8. The van der Waals surface area contributed by atoms with Gasteiger partial charge >= 0.3 is 5.97 Å². The van der Waals surface area contributed by atoms with Crippen LogP contribution in [0, 0.1) is 0 Å². The van der Waals surface area contributed by atoms with Crippen LogP contribution in [0.3, 0.4) is 0 Å². The van der Waals surface area contributed by atoms with Gasteiger partial charge in [-0.05, 0) is 58.5 Å². The van der Waals surface area contributed by atoms with Crippen LogP contribution in [0.25, 0.3) is 43.2 Å². The van der Waals surface area contributed by atoms with E-state index in [1.165, 1.54) is 6.92 Å². The Morgan fingerprint density at radius 3 is 2.29 bits per heavy atom. The van der Waals surface area contributed by atoms with E-state index in [1.54, 1.807) is 31.3 Å². The van der Waals surface area contributed by atoms with Gasteiger partial charge in [0.25, 0.3) is 0 Å². The number of rotatable bonds is 9. The lowest BCUT2D eigenvalue weighted by Crippen LogP contribution is -2.51. The standard InChI is InChI=1S/C32H29N3O5S/c1-3-40-32(37)27(17-23-18-33-26-10-5-4-9-24(23)26)34-31(36)19(2)35-41(38,39)28-16-14-22-12-11-20-7-6-8-21-13-15-25(28)30(22)29(20)21/h4-16,18-19,27,33,35H,3,17H2,1-2H3,(H,34,36)/t19-,27-/m0/s1. The van der Waals surface area contributed by atoms with Crippen LogP contribution < -0.4 is 10.0 Å². The Balaban J connectivity index is 1.26. The molecule has 0 saturated carbocycles. The van der Waals surface area contributed by atoms with Crippen LogP contribution >= 0.6 is 0 Å². The van der Waals surface area contributed by atoms with E-state index in [0.29, 0.717) is 5.39 Å². The summed E-state index contributed by atoms with van der Waals surface area (Å²) < 4.78 is 35.0. The van der Waals surface area contributed by atoms with Crippen molar-refractivity contribution < 1.29 is 22.7 Å². The Morgan fingerprint density at radius 2 is 1.54 bits per heavy atom. The van der Waals surface area contributed by atoms with Crippen molar-refractivity contribution in [3.05, 3.63) is 90.6 Å². The number of carbonyl (C=O) groups is 2. The number of ether oxygens (including phenoxy) is 1. The molecule has 0 radical (unpaired) electrons. The minimum absolute atomic E-state index is 0.0867. The molecule has 1 amide bonds. The van der Waals surface area contributed by atoms with Gasteiger partial charge < -0.3 is 15.0 Å². The summed E-state index contributed by atoms with van der Waals surface area (Å²) in [6.07, 6.45) is 1.98. The maximum absolute atomic E-state index is 13.6. The second kappa shape index (κ2) is 10.5. The SMILES string of the molecule is CCOC(=O)[C@H](Cc1c[nH]c2ccccc12)NC(=O)[C@H](C)NS(=O)(=O)c1ccc2ccc3cccc4ccc1c2c34. The fourth-order valence-electron chi connectivity index (χ4n) is 5.55. The molecule has 6 rings (SSSR count). The molecule has 1 aromatic heterocycles. The molecule has 0 aliphatic heterocycles. The van der Waals surface area contributed by atoms with Crippen molar-refractivity contribution >= 4 is 65.1 Å². The molecule has 1 heterocycles. The molecule has 6 aromatic rings. The smallest absolute Gasteiger partial charge is 0.328 e. The fourth-order valence-corrected chi connectivity index (χ4v) is 6.95. The summed E-state index contributed by atoms with van der Waals surface area (Å²) in [6, 6.07) is 22.6. The van der Waals surface area contributed by atoms with Gasteiger partial charge in [-0.25, -0.2) is 13.2 Å². The zero-order valence-corrected chi connectivity index (χ0v) is 23.4. The van der Waals surface area contributed by atoms with E-state index >= 15 is 0 Å². The summed E-state index contributed by atoms with van der Waals surface area (Å²) in [5.41, 5.74) is 1.74. The van der Waals surface area contributed by atoms with Crippen molar-refractivity contribution in [2.75, 3.05) is 6.61 Å². The largest absolute Gasteiger partial charge is 0.464 e. The highest BCUT2D eigenvalue weighted by Crippen LogP contribution is 2.37. The summed E-state index contributed by atoms with van der Waals surface area (Å²) >= 11 is 0. The Bertz CT molecular complexity index is 2020. The van der Waals surface area contributed by atoms with Gasteiger partial charge in [0.1, 0.15) is 6.04 Å². The van der Waals surface area contributed by atoms with E-state index in [-0.39, 0.29) is 17.9 Å². The first-order chi connectivity index (χ1) is 19.8. The molecular formula is C32H29N3O5S. The molecule has 0 aliphatic carbocycles. The van der Waals surface area contributed by atoms with Crippen LogP contribution in [-0.4, -0.2) is 44.0 Å². The molecule has 5 aromatic carbocycles. The van der Waals surface area contributed by atoms with E-state index in [1.807, 2.05) is 60.7 Å². The van der Waals surface area contributed by atoms with Crippen LogP contribution in [-0.2, 0) is 30.8 Å². The van der Waals surface area contributed by atoms with E-state index < -0.39 is 34.0 Å². The van der Waals surface area contributed by atoms with Crippen LogP contribution in [0.1, 0.15) is 19.4 Å². The number of aromatic nitrogens is 1. The lowest BCUT2D eigenvalue weighted by atomic mass is 9.94. The Hall–Kier alpha value is -4.47. The number of hydrogen-bond acceptors (Lipinski definition) is 5. The molecule has 2 atom stereocenters. The van der Waals surface area contributed by atoms with E-state index in [4.69, 9.17) is 4.74 Å². The highest BCUT2D eigenvalue weighted by Gasteiger charge is 2.29. The first-order valence-corrected chi connectivity index (χ1v) is 15.0. The monoisotopic (exact) mass is 567 g/mol. The molecule has 0 saturated heterocycles. The number of hydrogen-bond donors (Lipinski definition) is 3. The Kier molecular flexibility index (Phi) is 6.84. The molecule has 9 heteroatoms. The third-order valence-electron chi connectivity index (χ3n) is 7.49. The van der Waals surface area contributed by atoms with Gasteiger partial charge in [0, 0.05) is 28.9 Å². The van der Waals surface area contributed by atoms with Gasteiger partial charge in [-0.3, -0.25) is 4.79 Å². The highest BCUT2D eigenvalue weighted by molar-refractivity contribution is 7.89. The number of amides is 1. The van der Waals surface area contributed by atoms with E-state index in [9.17, 15) is 18.0 Å². The normalized spacial score (nSPS) is 13.6. The average Bonchev–Trinajstić information content (AvgIpc) is 3.38. The number of para-hydroxylation sites is 1. The topological polar surface area (TPSA) is 117 Å². The third-order valence-corrected chi connectivity index (χ3v) is 9.09. The lowest BCUT2D eigenvalue weighted by Gasteiger charge is -2.21. The number of sulfonamides is 1. The maximum atomic E-state index is 13.6. The Labute approximate surface area is 237 Å². The molecule has 41 heavy (non-hydrogen) atoms. The molecule has 0 unspecified atom stereocenters. The number of benzene rings is 5. The van der Waals surface area contributed by atoms with Crippen LogP contribution in [0.15, 0.2) is 90.0 Å². The molecule has 0 aliphatic rings. The lowest BCUT2D eigenvalue weighted by molar-refractivity contribution is -0.147. The fraction of sp³-hybridized carbons (Fsp3) is 0.188. The maximum Gasteiger partial charge on any atom is 0.328 e. The van der Waals surface area contributed by atoms with Gasteiger partial charge in [0.15, 0.2) is 0 Å². The predicted molar refractivity (Wildman–Crippen MR) is 160 cm³/mol.